The molecule has 0 atom stereocenters. The summed E-state index contributed by atoms with van der Waals surface area (Å²) >= 11 is 0. The van der Waals surface area contributed by atoms with Crippen molar-refractivity contribution in [3.63, 3.8) is 0 Å². The summed E-state index contributed by atoms with van der Waals surface area (Å²) in [5.41, 5.74) is 0.0907. The van der Waals surface area contributed by atoms with Gasteiger partial charge in [0.25, 0.3) is 0 Å². The highest BCUT2D eigenvalue weighted by atomic mass is 16.6. The summed E-state index contributed by atoms with van der Waals surface area (Å²) in [6.07, 6.45) is 2.23. The summed E-state index contributed by atoms with van der Waals surface area (Å²) in [5, 5.41) is 3.38. The summed E-state index contributed by atoms with van der Waals surface area (Å²) in [6.45, 7) is 4.65. The van der Waals surface area contributed by atoms with E-state index in [1.54, 1.807) is 0 Å². The van der Waals surface area contributed by atoms with Crippen LogP contribution in [0.3, 0.4) is 0 Å². The van der Waals surface area contributed by atoms with Gasteiger partial charge in [0.1, 0.15) is 5.60 Å². The van der Waals surface area contributed by atoms with Crippen molar-refractivity contribution in [3.8, 4) is 0 Å². The van der Waals surface area contributed by atoms with Crippen LogP contribution in [0.4, 0.5) is 0 Å². The topological polar surface area (TPSA) is 30.5 Å². The van der Waals surface area contributed by atoms with E-state index in [4.69, 9.17) is 9.47 Å². The summed E-state index contributed by atoms with van der Waals surface area (Å²) in [5.74, 6) is 0. The van der Waals surface area contributed by atoms with Crippen molar-refractivity contribution in [2.75, 3.05) is 32.9 Å². The monoisotopic (exact) mass is 157 g/mol. The molecule has 1 spiro atoms. The van der Waals surface area contributed by atoms with E-state index in [1.165, 1.54) is 0 Å². The maximum atomic E-state index is 5.74. The molecule has 11 heavy (non-hydrogen) atoms. The largest absolute Gasteiger partial charge is 0.375 e. The highest BCUT2D eigenvalue weighted by Crippen LogP contribution is 2.26. The van der Waals surface area contributed by atoms with Crippen molar-refractivity contribution in [1.29, 1.82) is 0 Å². The predicted octanol–water partition coefficient (Wildman–Crippen LogP) is 0.155. The molecule has 0 bridgehead atoms. The zero-order valence-electron chi connectivity index (χ0n) is 6.77. The lowest BCUT2D eigenvalue weighted by molar-refractivity contribution is -0.214. The third-order valence-electron chi connectivity index (χ3n) is 2.39. The van der Waals surface area contributed by atoms with Gasteiger partial charge in [-0.3, -0.25) is 0 Å². The molecule has 0 aromatic carbocycles. The molecule has 2 aliphatic heterocycles. The average Bonchev–Trinajstić information content (AvgIpc) is 1.82. The first-order chi connectivity index (χ1) is 5.41. The molecule has 0 unspecified atom stereocenters. The van der Waals surface area contributed by atoms with Crippen LogP contribution in [0.1, 0.15) is 12.8 Å². The molecule has 2 heterocycles. The van der Waals surface area contributed by atoms with Crippen molar-refractivity contribution in [3.05, 3.63) is 0 Å². The van der Waals surface area contributed by atoms with Crippen LogP contribution in [0.5, 0.6) is 0 Å². The number of rotatable bonds is 0. The van der Waals surface area contributed by atoms with Gasteiger partial charge in [-0.25, -0.2) is 0 Å². The molecule has 0 aromatic heterocycles. The minimum absolute atomic E-state index is 0.0907. The van der Waals surface area contributed by atoms with Crippen LogP contribution in [0.25, 0.3) is 0 Å². The second kappa shape index (κ2) is 3.09. The Kier molecular flexibility index (Phi) is 2.11. The Labute approximate surface area is 67.1 Å². The van der Waals surface area contributed by atoms with Crippen LogP contribution < -0.4 is 5.32 Å². The lowest BCUT2D eigenvalue weighted by atomic mass is 9.97. The van der Waals surface area contributed by atoms with Crippen LogP contribution in [0.2, 0.25) is 0 Å². The van der Waals surface area contributed by atoms with Crippen LogP contribution in [-0.4, -0.2) is 38.5 Å². The molecule has 2 saturated heterocycles. The van der Waals surface area contributed by atoms with Gasteiger partial charge in [-0.2, -0.15) is 0 Å². The molecule has 64 valence electrons. The van der Waals surface area contributed by atoms with E-state index in [-0.39, 0.29) is 5.60 Å². The third-order valence-corrected chi connectivity index (χ3v) is 2.39. The van der Waals surface area contributed by atoms with E-state index in [1.807, 2.05) is 0 Å². The summed E-state index contributed by atoms with van der Waals surface area (Å²) in [6, 6.07) is 0. The fourth-order valence-corrected chi connectivity index (χ4v) is 1.56. The lowest BCUT2D eigenvalue weighted by Crippen LogP contribution is -2.54. The van der Waals surface area contributed by atoms with E-state index in [2.05, 4.69) is 5.32 Å². The second-order valence-electron chi connectivity index (χ2n) is 3.38. The van der Waals surface area contributed by atoms with Gasteiger partial charge in [0, 0.05) is 6.61 Å². The summed E-state index contributed by atoms with van der Waals surface area (Å²) in [4.78, 5) is 0. The zero-order valence-corrected chi connectivity index (χ0v) is 6.77. The van der Waals surface area contributed by atoms with Gasteiger partial charge in [0.2, 0.25) is 0 Å². The van der Waals surface area contributed by atoms with Crippen molar-refractivity contribution < 1.29 is 9.47 Å². The van der Waals surface area contributed by atoms with Gasteiger partial charge < -0.3 is 14.8 Å². The van der Waals surface area contributed by atoms with Gasteiger partial charge in [-0.15, -0.1) is 0 Å². The van der Waals surface area contributed by atoms with Crippen LogP contribution in [0.15, 0.2) is 0 Å². The minimum atomic E-state index is 0.0907. The van der Waals surface area contributed by atoms with E-state index < -0.39 is 0 Å². The molecule has 2 fully saturated rings. The number of hydrogen-bond acceptors (Lipinski definition) is 3. The average molecular weight is 157 g/mol. The van der Waals surface area contributed by atoms with E-state index in [0.717, 1.165) is 45.8 Å². The summed E-state index contributed by atoms with van der Waals surface area (Å²) < 4.78 is 10.9. The third kappa shape index (κ3) is 1.55. The molecule has 0 aliphatic carbocycles. The van der Waals surface area contributed by atoms with E-state index >= 15 is 0 Å². The first kappa shape index (κ1) is 7.53. The Morgan fingerprint density at radius 1 is 1.18 bits per heavy atom. The molecular weight excluding hydrogens is 142 g/mol. The van der Waals surface area contributed by atoms with Gasteiger partial charge in [0.15, 0.2) is 0 Å². The van der Waals surface area contributed by atoms with Crippen molar-refractivity contribution in [2.24, 2.45) is 0 Å². The van der Waals surface area contributed by atoms with Crippen LogP contribution >= 0.6 is 0 Å². The molecule has 1 N–H and O–H groups in total. The first-order valence-corrected chi connectivity index (χ1v) is 4.34. The lowest BCUT2D eigenvalue weighted by Gasteiger charge is -2.42. The molecule has 0 amide bonds. The SMILES string of the molecule is C1CNCCC2(COC2)OC1. The fraction of sp³-hybridized carbons (Fsp3) is 1.00. The minimum Gasteiger partial charge on any atom is -0.375 e. The number of ether oxygens (including phenoxy) is 2. The van der Waals surface area contributed by atoms with Crippen molar-refractivity contribution in [1.82, 2.24) is 5.32 Å². The van der Waals surface area contributed by atoms with E-state index in [0.29, 0.717) is 0 Å². The smallest absolute Gasteiger partial charge is 0.116 e. The Bertz CT molecular complexity index is 124. The Balaban J connectivity index is 1.86. The molecule has 3 nitrogen and oxygen atoms in total. The quantitative estimate of drug-likeness (QED) is 0.543. The molecule has 2 aliphatic rings. The molecule has 2 rings (SSSR count). The highest BCUT2D eigenvalue weighted by molar-refractivity contribution is 4.88. The van der Waals surface area contributed by atoms with Gasteiger partial charge >= 0.3 is 0 Å². The van der Waals surface area contributed by atoms with Crippen LogP contribution in [0, 0.1) is 0 Å². The first-order valence-electron chi connectivity index (χ1n) is 4.34. The predicted molar refractivity (Wildman–Crippen MR) is 41.6 cm³/mol. The highest BCUT2D eigenvalue weighted by Gasteiger charge is 2.39. The molecular formula is C8H15NO2. The number of hydrogen-bond donors (Lipinski definition) is 1. The van der Waals surface area contributed by atoms with Gasteiger partial charge in [0.05, 0.1) is 13.2 Å². The van der Waals surface area contributed by atoms with Crippen LogP contribution in [-0.2, 0) is 9.47 Å². The number of nitrogens with one attached hydrogen (secondary N) is 1. The Hall–Kier alpha value is -0.120. The maximum Gasteiger partial charge on any atom is 0.116 e. The molecule has 0 saturated carbocycles. The normalized spacial score (nSPS) is 30.5. The zero-order chi connectivity index (χ0) is 7.57. The van der Waals surface area contributed by atoms with E-state index in [9.17, 15) is 0 Å². The Morgan fingerprint density at radius 2 is 2.09 bits per heavy atom. The fourth-order valence-electron chi connectivity index (χ4n) is 1.56. The molecule has 0 aromatic rings. The van der Waals surface area contributed by atoms with Gasteiger partial charge in [-0.05, 0) is 25.9 Å². The molecule has 3 heteroatoms. The molecule has 0 radical (unpaired) electrons. The van der Waals surface area contributed by atoms with Gasteiger partial charge in [-0.1, -0.05) is 0 Å². The van der Waals surface area contributed by atoms with Crippen molar-refractivity contribution in [2.45, 2.75) is 18.4 Å². The Morgan fingerprint density at radius 3 is 2.82 bits per heavy atom. The maximum absolute atomic E-state index is 5.74. The standard InChI is InChI=1S/C8H15NO2/c1-3-9-4-2-8(11-5-1)6-10-7-8/h9H,1-7H2. The van der Waals surface area contributed by atoms with Crippen molar-refractivity contribution >= 4 is 0 Å². The second-order valence-corrected chi connectivity index (χ2v) is 3.38. The summed E-state index contributed by atoms with van der Waals surface area (Å²) in [7, 11) is 0.